The molecule has 3 aromatic carbocycles. The third-order valence-electron chi connectivity index (χ3n) is 5.25. The molecule has 1 N–H and O–H groups in total. The summed E-state index contributed by atoms with van der Waals surface area (Å²) in [6, 6.07) is 16.3. The van der Waals surface area contributed by atoms with E-state index < -0.39 is 0 Å². The SMILES string of the molecule is CCOc1ccc(/C=C/C(=O)Nc2ccc3c(=O)c4ccc(C)c(C)c4oc3c2)cc1. The predicted octanol–water partition coefficient (Wildman–Crippen LogP) is 5.61. The Labute approximate surface area is 180 Å². The van der Waals surface area contributed by atoms with Crippen molar-refractivity contribution >= 4 is 39.6 Å². The first-order chi connectivity index (χ1) is 15.0. The highest BCUT2D eigenvalue weighted by atomic mass is 16.5. The van der Waals surface area contributed by atoms with E-state index in [2.05, 4.69) is 5.32 Å². The third kappa shape index (κ3) is 4.21. The average molecular weight is 413 g/mol. The predicted molar refractivity (Wildman–Crippen MR) is 125 cm³/mol. The second-order valence-electron chi connectivity index (χ2n) is 7.35. The number of benzene rings is 3. The Hall–Kier alpha value is -3.86. The zero-order valence-electron chi connectivity index (χ0n) is 17.7. The van der Waals surface area contributed by atoms with E-state index in [9.17, 15) is 9.59 Å². The molecule has 4 aromatic rings. The molecule has 0 radical (unpaired) electrons. The smallest absolute Gasteiger partial charge is 0.248 e. The van der Waals surface area contributed by atoms with E-state index in [4.69, 9.17) is 9.15 Å². The van der Waals surface area contributed by atoms with Crippen molar-refractivity contribution in [2.75, 3.05) is 11.9 Å². The van der Waals surface area contributed by atoms with Crippen molar-refractivity contribution in [2.45, 2.75) is 20.8 Å². The van der Waals surface area contributed by atoms with E-state index in [-0.39, 0.29) is 11.3 Å². The number of hydrogen-bond donors (Lipinski definition) is 1. The van der Waals surface area contributed by atoms with Crippen LogP contribution in [0, 0.1) is 13.8 Å². The minimum absolute atomic E-state index is 0.0763. The molecule has 1 aromatic heterocycles. The van der Waals surface area contributed by atoms with Gasteiger partial charge < -0.3 is 14.5 Å². The van der Waals surface area contributed by atoms with Crippen molar-refractivity contribution in [1.82, 2.24) is 0 Å². The van der Waals surface area contributed by atoms with Gasteiger partial charge in [0.05, 0.1) is 17.4 Å². The Morgan fingerprint density at radius 3 is 2.52 bits per heavy atom. The van der Waals surface area contributed by atoms with Crippen LogP contribution in [0.1, 0.15) is 23.6 Å². The zero-order chi connectivity index (χ0) is 22.0. The standard InChI is InChI=1S/C26H23NO4/c1-4-30-20-10-6-18(7-11-20)8-14-24(28)27-19-9-13-21-23(15-19)31-26-17(3)16(2)5-12-22(26)25(21)29/h5-15H,4H2,1-3H3,(H,27,28)/b14-8+. The number of rotatable bonds is 5. The summed E-state index contributed by atoms with van der Waals surface area (Å²) in [6.07, 6.45) is 3.19. The van der Waals surface area contributed by atoms with Crippen LogP contribution in [0.3, 0.4) is 0 Å². The first-order valence-electron chi connectivity index (χ1n) is 10.1. The summed E-state index contributed by atoms with van der Waals surface area (Å²) >= 11 is 0. The van der Waals surface area contributed by atoms with Gasteiger partial charge in [-0.15, -0.1) is 0 Å². The van der Waals surface area contributed by atoms with Crippen LogP contribution in [0.2, 0.25) is 0 Å². The van der Waals surface area contributed by atoms with Gasteiger partial charge in [-0.05, 0) is 73.9 Å². The Balaban J connectivity index is 1.58. The molecule has 1 amide bonds. The fourth-order valence-electron chi connectivity index (χ4n) is 3.43. The minimum atomic E-state index is -0.275. The molecule has 1 heterocycles. The van der Waals surface area contributed by atoms with Crippen LogP contribution in [0.25, 0.3) is 28.0 Å². The third-order valence-corrected chi connectivity index (χ3v) is 5.25. The fraction of sp³-hybridized carbons (Fsp3) is 0.154. The van der Waals surface area contributed by atoms with Crippen molar-refractivity contribution in [3.05, 3.63) is 87.6 Å². The van der Waals surface area contributed by atoms with Gasteiger partial charge in [0.1, 0.15) is 16.9 Å². The van der Waals surface area contributed by atoms with Crippen LogP contribution < -0.4 is 15.5 Å². The van der Waals surface area contributed by atoms with Gasteiger partial charge >= 0.3 is 0 Å². The molecule has 0 spiro atoms. The Bertz CT molecular complexity index is 1360. The van der Waals surface area contributed by atoms with Crippen LogP contribution in [0.4, 0.5) is 5.69 Å². The van der Waals surface area contributed by atoms with Crippen molar-refractivity contribution in [3.8, 4) is 5.75 Å². The quantitative estimate of drug-likeness (QED) is 0.341. The molecule has 0 fully saturated rings. The number of anilines is 1. The lowest BCUT2D eigenvalue weighted by Gasteiger charge is -2.08. The van der Waals surface area contributed by atoms with Gasteiger partial charge in [0.15, 0.2) is 0 Å². The van der Waals surface area contributed by atoms with Crippen LogP contribution in [-0.4, -0.2) is 12.5 Å². The molecule has 5 nitrogen and oxygen atoms in total. The number of carbonyl (C=O) groups excluding carboxylic acids is 1. The molecule has 0 saturated carbocycles. The van der Waals surface area contributed by atoms with E-state index >= 15 is 0 Å². The lowest BCUT2D eigenvalue weighted by atomic mass is 10.0. The topological polar surface area (TPSA) is 68.5 Å². The van der Waals surface area contributed by atoms with E-state index in [1.807, 2.05) is 51.1 Å². The molecule has 156 valence electrons. The first kappa shape index (κ1) is 20.4. The Morgan fingerprint density at radius 1 is 1.03 bits per heavy atom. The highest BCUT2D eigenvalue weighted by molar-refractivity contribution is 6.03. The average Bonchev–Trinajstić information content (AvgIpc) is 2.76. The summed E-state index contributed by atoms with van der Waals surface area (Å²) in [5.74, 6) is 0.517. The monoisotopic (exact) mass is 413 g/mol. The molecule has 5 heteroatoms. The van der Waals surface area contributed by atoms with E-state index in [0.29, 0.717) is 34.2 Å². The van der Waals surface area contributed by atoms with Gasteiger partial charge in [-0.25, -0.2) is 0 Å². The second-order valence-corrected chi connectivity index (χ2v) is 7.35. The van der Waals surface area contributed by atoms with E-state index in [1.165, 1.54) is 6.08 Å². The Kier molecular flexibility index (Phi) is 5.58. The number of fused-ring (bicyclic) bond motifs is 2. The number of ether oxygens (including phenoxy) is 1. The van der Waals surface area contributed by atoms with Gasteiger partial charge in [-0.3, -0.25) is 9.59 Å². The van der Waals surface area contributed by atoms with Crippen molar-refractivity contribution in [1.29, 1.82) is 0 Å². The van der Waals surface area contributed by atoms with Crippen molar-refractivity contribution in [3.63, 3.8) is 0 Å². The van der Waals surface area contributed by atoms with Crippen molar-refractivity contribution < 1.29 is 13.9 Å². The van der Waals surface area contributed by atoms with Crippen molar-refractivity contribution in [2.24, 2.45) is 0 Å². The van der Waals surface area contributed by atoms with Gasteiger partial charge in [-0.2, -0.15) is 0 Å². The molecule has 0 aliphatic rings. The fourth-order valence-corrected chi connectivity index (χ4v) is 3.43. The molecule has 0 aliphatic carbocycles. The van der Waals surface area contributed by atoms with Crippen LogP contribution in [-0.2, 0) is 4.79 Å². The maximum absolute atomic E-state index is 12.8. The largest absolute Gasteiger partial charge is 0.494 e. The zero-order valence-corrected chi connectivity index (χ0v) is 17.7. The number of carbonyl (C=O) groups is 1. The summed E-state index contributed by atoms with van der Waals surface area (Å²) < 4.78 is 11.5. The molecule has 31 heavy (non-hydrogen) atoms. The highest BCUT2D eigenvalue weighted by Gasteiger charge is 2.11. The van der Waals surface area contributed by atoms with Gasteiger partial charge in [0.2, 0.25) is 11.3 Å². The number of aryl methyl sites for hydroxylation is 2. The summed E-state index contributed by atoms with van der Waals surface area (Å²) in [4.78, 5) is 25.2. The van der Waals surface area contributed by atoms with Gasteiger partial charge in [-0.1, -0.05) is 18.2 Å². The normalized spacial score (nSPS) is 11.3. The number of amides is 1. The maximum atomic E-state index is 12.8. The maximum Gasteiger partial charge on any atom is 0.248 e. The van der Waals surface area contributed by atoms with Crippen LogP contribution in [0.15, 0.2) is 69.9 Å². The van der Waals surface area contributed by atoms with Crippen LogP contribution >= 0.6 is 0 Å². The summed E-state index contributed by atoms with van der Waals surface area (Å²) in [7, 11) is 0. The molecule has 0 aliphatic heterocycles. The molecule has 4 rings (SSSR count). The highest BCUT2D eigenvalue weighted by Crippen LogP contribution is 2.25. The molecule has 0 unspecified atom stereocenters. The van der Waals surface area contributed by atoms with Gasteiger partial charge in [0.25, 0.3) is 0 Å². The van der Waals surface area contributed by atoms with E-state index in [1.54, 1.807) is 30.3 Å². The van der Waals surface area contributed by atoms with Gasteiger partial charge in [0, 0.05) is 17.8 Å². The second kappa shape index (κ2) is 8.48. The van der Waals surface area contributed by atoms with E-state index in [0.717, 1.165) is 22.4 Å². The summed E-state index contributed by atoms with van der Waals surface area (Å²) in [6.45, 7) is 6.45. The minimum Gasteiger partial charge on any atom is -0.494 e. The summed E-state index contributed by atoms with van der Waals surface area (Å²) in [5.41, 5.74) is 4.38. The van der Waals surface area contributed by atoms with Crippen LogP contribution in [0.5, 0.6) is 5.75 Å². The first-order valence-corrected chi connectivity index (χ1v) is 10.1. The lowest BCUT2D eigenvalue weighted by molar-refractivity contribution is -0.111. The molecule has 0 atom stereocenters. The lowest BCUT2D eigenvalue weighted by Crippen LogP contribution is -2.08. The molecule has 0 bridgehead atoms. The number of nitrogens with one attached hydrogen (secondary N) is 1. The number of hydrogen-bond acceptors (Lipinski definition) is 4. The Morgan fingerprint density at radius 2 is 1.77 bits per heavy atom. The molecular formula is C26H23NO4. The molecule has 0 saturated heterocycles. The molecular weight excluding hydrogens is 390 g/mol. The summed E-state index contributed by atoms with van der Waals surface area (Å²) in [5, 5.41) is 3.86.